The van der Waals surface area contributed by atoms with Crippen LogP contribution in [0.5, 0.6) is 0 Å². The average molecular weight is 844 g/mol. The van der Waals surface area contributed by atoms with Gasteiger partial charge in [-0.15, -0.1) is 11.1 Å². The Balaban J connectivity index is 1.67. The van der Waals surface area contributed by atoms with Gasteiger partial charge in [-0.1, -0.05) is 158 Å². The van der Waals surface area contributed by atoms with E-state index in [-0.39, 0.29) is 0 Å². The Bertz CT molecular complexity index is 2000. The second-order valence-electron chi connectivity index (χ2n) is 19.2. The minimum atomic E-state index is -1.92. The maximum Gasteiger partial charge on any atom is 0.167 e. The second kappa shape index (κ2) is 22.5. The normalized spacial score (nSPS) is 15.5. The van der Waals surface area contributed by atoms with E-state index in [2.05, 4.69) is 217 Å². The van der Waals surface area contributed by atoms with Crippen LogP contribution in [0.1, 0.15) is 162 Å². The molecule has 0 unspecified atom stereocenters. The Morgan fingerprint density at radius 2 is 0.787 bits per heavy atom. The quantitative estimate of drug-likeness (QED) is 0.185. The van der Waals surface area contributed by atoms with Gasteiger partial charge >= 0.3 is 0 Å². The summed E-state index contributed by atoms with van der Waals surface area (Å²) in [6, 6.07) is 13.0. The van der Waals surface area contributed by atoms with Crippen LogP contribution in [0.25, 0.3) is 0 Å². The third-order valence-corrected chi connectivity index (χ3v) is 25.5. The van der Waals surface area contributed by atoms with E-state index in [1.165, 1.54) is 11.1 Å². The first-order valence-electron chi connectivity index (χ1n) is 22.8. The number of hydrogen-bond acceptors (Lipinski definition) is 2. The molecular weight excluding hydrogens is 773 g/mol. The minimum absolute atomic E-state index is 0.395. The highest BCUT2D eigenvalue weighted by Gasteiger charge is 2.45. The van der Waals surface area contributed by atoms with Crippen LogP contribution in [0.4, 0.5) is 0 Å². The van der Waals surface area contributed by atoms with Crippen molar-refractivity contribution in [3.8, 4) is 70.3 Å². The molecule has 2 aliphatic rings. The van der Waals surface area contributed by atoms with Gasteiger partial charge in [0.25, 0.3) is 0 Å². The molecule has 0 bridgehead atoms. The van der Waals surface area contributed by atoms with Crippen molar-refractivity contribution in [2.45, 2.75) is 169 Å². The van der Waals surface area contributed by atoms with Gasteiger partial charge in [0.15, 0.2) is 6.29 Å². The standard InChI is InChI=1S/C57H71O2Si2/c1-40(2)52-30-26-48(54(38-52)32-36-60(42(5)6,43(7)8)44(9)10)22-17-19-24-50-28-29-51(56(50)57-58-34-21-35-59-57)25-20-18-23-49-27-31-53(41(3)4)39-55(49)33-37-61(45(11)12,46(13)14)47(15)16/h26-31,38-47,57H,21,34-35H2,1-16H3. The van der Waals surface area contributed by atoms with Gasteiger partial charge in [-0.3, -0.25) is 0 Å². The molecule has 4 rings (SSSR count). The van der Waals surface area contributed by atoms with Gasteiger partial charge < -0.3 is 9.47 Å². The maximum atomic E-state index is 6.10. The van der Waals surface area contributed by atoms with Crippen molar-refractivity contribution in [3.63, 3.8) is 0 Å². The highest BCUT2D eigenvalue weighted by molar-refractivity contribution is 6.91. The first-order chi connectivity index (χ1) is 28.9. The van der Waals surface area contributed by atoms with Gasteiger partial charge in [0.2, 0.25) is 0 Å². The predicted molar refractivity (Wildman–Crippen MR) is 265 cm³/mol. The molecule has 1 aliphatic heterocycles. The zero-order valence-electron chi connectivity index (χ0n) is 40.3. The Kier molecular flexibility index (Phi) is 18.4. The fraction of sp³-hybridized carbons (Fsp3) is 0.491. The van der Waals surface area contributed by atoms with Crippen molar-refractivity contribution < 1.29 is 9.47 Å². The summed E-state index contributed by atoms with van der Waals surface area (Å²) in [5.41, 5.74) is 17.5. The SMILES string of the molecule is CC(C)c1ccc(C#CC#C[C]2[CH][CH][C](C#CC#Cc3ccc(C(C)C)cc3C#C[Si](C(C)C)(C(C)C)C(C)C)[C]2C2OCCCO2)c(C#C[Si](C(C)C)(C(C)C)C(C)C)c1. The van der Waals surface area contributed by atoms with Crippen molar-refractivity contribution in [2.75, 3.05) is 13.2 Å². The molecule has 2 aromatic carbocycles. The summed E-state index contributed by atoms with van der Waals surface area (Å²) in [6.07, 6.45) is 4.27. The molecule has 2 aromatic rings. The molecule has 0 spiro atoms. The number of rotatable bonds is 9. The van der Waals surface area contributed by atoms with Crippen LogP contribution >= 0.6 is 0 Å². The third-order valence-electron chi connectivity index (χ3n) is 13.0. The smallest absolute Gasteiger partial charge is 0.167 e. The third kappa shape index (κ3) is 12.0. The summed E-state index contributed by atoms with van der Waals surface area (Å²) in [5.74, 6) is 36.5. The largest absolute Gasteiger partial charge is 0.352 e. The Morgan fingerprint density at radius 1 is 0.443 bits per heavy atom. The molecule has 1 aliphatic carbocycles. The van der Waals surface area contributed by atoms with Gasteiger partial charge in [0.05, 0.1) is 31.0 Å². The molecule has 61 heavy (non-hydrogen) atoms. The van der Waals surface area contributed by atoms with E-state index in [0.717, 1.165) is 46.4 Å². The zero-order valence-corrected chi connectivity index (χ0v) is 42.3. The van der Waals surface area contributed by atoms with Gasteiger partial charge in [-0.2, -0.15) is 0 Å². The number of ether oxygens (including phenoxy) is 2. The van der Waals surface area contributed by atoms with E-state index in [1.54, 1.807) is 0 Å². The van der Waals surface area contributed by atoms with Crippen LogP contribution in [0.2, 0.25) is 33.2 Å². The average Bonchev–Trinajstić information content (AvgIpc) is 3.60. The molecule has 1 saturated carbocycles. The van der Waals surface area contributed by atoms with Crippen LogP contribution < -0.4 is 0 Å². The fourth-order valence-corrected chi connectivity index (χ4v) is 19.9. The van der Waals surface area contributed by atoms with Crippen molar-refractivity contribution in [1.29, 1.82) is 0 Å². The van der Waals surface area contributed by atoms with E-state index < -0.39 is 22.4 Å². The summed E-state index contributed by atoms with van der Waals surface area (Å²) in [4.78, 5) is 0. The van der Waals surface area contributed by atoms with Crippen molar-refractivity contribution >= 4 is 16.1 Å². The van der Waals surface area contributed by atoms with E-state index >= 15 is 0 Å². The fourth-order valence-electron chi connectivity index (χ4n) is 9.50. The lowest BCUT2D eigenvalue weighted by Crippen LogP contribution is -2.43. The summed E-state index contributed by atoms with van der Waals surface area (Å²) in [7, 11) is -3.85. The lowest BCUT2D eigenvalue weighted by atomic mass is 9.88. The summed E-state index contributed by atoms with van der Waals surface area (Å²) >= 11 is 0. The van der Waals surface area contributed by atoms with Crippen LogP contribution in [0, 0.1) is 101 Å². The predicted octanol–water partition coefficient (Wildman–Crippen LogP) is 13.4. The first kappa shape index (κ1) is 49.8. The second-order valence-corrected chi connectivity index (χ2v) is 30.4. The first-order valence-corrected chi connectivity index (χ1v) is 27.2. The molecule has 5 radical (unpaired) electrons. The van der Waals surface area contributed by atoms with E-state index in [0.29, 0.717) is 58.3 Å². The maximum absolute atomic E-state index is 6.10. The Hall–Kier alpha value is -3.85. The van der Waals surface area contributed by atoms with Gasteiger partial charge in [0.1, 0.15) is 16.1 Å². The molecule has 1 heterocycles. The summed E-state index contributed by atoms with van der Waals surface area (Å²) in [5, 5.41) is 0. The molecule has 0 amide bonds. The highest BCUT2D eigenvalue weighted by atomic mass is 28.3. The van der Waals surface area contributed by atoms with Crippen LogP contribution in [-0.2, 0) is 9.47 Å². The lowest BCUT2D eigenvalue weighted by Gasteiger charge is -2.38. The minimum Gasteiger partial charge on any atom is -0.352 e. The van der Waals surface area contributed by atoms with Gasteiger partial charge in [0, 0.05) is 22.3 Å². The summed E-state index contributed by atoms with van der Waals surface area (Å²) in [6.45, 7) is 38.3. The van der Waals surface area contributed by atoms with Crippen LogP contribution in [-0.4, -0.2) is 35.7 Å². The van der Waals surface area contributed by atoms with Crippen molar-refractivity contribution in [1.82, 2.24) is 0 Å². The number of benzene rings is 2. The zero-order chi connectivity index (χ0) is 45.1. The molecule has 4 heteroatoms. The lowest BCUT2D eigenvalue weighted by molar-refractivity contribution is -0.165. The molecule has 0 aromatic heterocycles. The van der Waals surface area contributed by atoms with Gasteiger partial charge in [-0.25, -0.2) is 0 Å². The van der Waals surface area contributed by atoms with E-state index in [1.807, 2.05) is 12.8 Å². The number of hydrogen-bond donors (Lipinski definition) is 0. The molecule has 2 nitrogen and oxygen atoms in total. The van der Waals surface area contributed by atoms with Crippen molar-refractivity contribution in [2.24, 2.45) is 0 Å². The monoisotopic (exact) mass is 843 g/mol. The van der Waals surface area contributed by atoms with Crippen LogP contribution in [0.3, 0.4) is 0 Å². The summed E-state index contributed by atoms with van der Waals surface area (Å²) < 4.78 is 12.2. The molecule has 1 saturated heterocycles. The molecule has 0 atom stereocenters. The molecule has 319 valence electrons. The Morgan fingerprint density at radius 3 is 1.11 bits per heavy atom. The Labute approximate surface area is 376 Å². The van der Waals surface area contributed by atoms with E-state index in [9.17, 15) is 0 Å². The van der Waals surface area contributed by atoms with Crippen molar-refractivity contribution in [3.05, 3.63) is 100 Å². The van der Waals surface area contributed by atoms with Gasteiger partial charge in [-0.05, 0) is 123 Å². The molecule has 2 fully saturated rings. The molecule has 0 N–H and O–H groups in total. The molecular formula is C57H71O2Si2. The highest BCUT2D eigenvalue weighted by Crippen LogP contribution is 2.45. The van der Waals surface area contributed by atoms with Crippen LogP contribution in [0.15, 0.2) is 36.4 Å². The van der Waals surface area contributed by atoms with E-state index in [4.69, 9.17) is 9.47 Å². The topological polar surface area (TPSA) is 18.5 Å².